The standard InChI is InChI=1S/C15H16N2O2S/c1-2-18-14-9-12(15(16)20)3-4-13(14)19-10-11-5-7-17-8-6-11/h3-9H,2,10H2,1H3,(H2,16,20). The highest BCUT2D eigenvalue weighted by Gasteiger charge is 2.08. The van der Waals surface area contributed by atoms with Gasteiger partial charge in [0.1, 0.15) is 11.6 Å². The van der Waals surface area contributed by atoms with Gasteiger partial charge in [-0.05, 0) is 42.8 Å². The van der Waals surface area contributed by atoms with Crippen LogP contribution in [0.15, 0.2) is 42.7 Å². The molecule has 2 N–H and O–H groups in total. The van der Waals surface area contributed by atoms with E-state index in [0.29, 0.717) is 29.7 Å². The van der Waals surface area contributed by atoms with Crippen molar-refractivity contribution < 1.29 is 9.47 Å². The Labute approximate surface area is 123 Å². The van der Waals surface area contributed by atoms with E-state index in [-0.39, 0.29) is 0 Å². The lowest BCUT2D eigenvalue weighted by atomic mass is 10.2. The third-order valence-corrected chi connectivity index (χ3v) is 2.91. The Morgan fingerprint density at radius 1 is 1.15 bits per heavy atom. The molecule has 1 aromatic carbocycles. The third-order valence-electron chi connectivity index (χ3n) is 2.67. The summed E-state index contributed by atoms with van der Waals surface area (Å²) in [5.41, 5.74) is 7.43. The van der Waals surface area contributed by atoms with Gasteiger partial charge in [-0.1, -0.05) is 12.2 Å². The molecule has 20 heavy (non-hydrogen) atoms. The zero-order valence-electron chi connectivity index (χ0n) is 11.2. The summed E-state index contributed by atoms with van der Waals surface area (Å²) >= 11 is 4.96. The van der Waals surface area contributed by atoms with E-state index in [4.69, 9.17) is 27.4 Å². The summed E-state index contributed by atoms with van der Waals surface area (Å²) in [7, 11) is 0. The van der Waals surface area contributed by atoms with E-state index in [0.717, 1.165) is 11.1 Å². The summed E-state index contributed by atoms with van der Waals surface area (Å²) < 4.78 is 11.3. The highest BCUT2D eigenvalue weighted by molar-refractivity contribution is 7.80. The number of hydrogen-bond acceptors (Lipinski definition) is 4. The Kier molecular flexibility index (Phi) is 4.90. The molecule has 104 valence electrons. The van der Waals surface area contributed by atoms with Crippen LogP contribution in [0, 0.1) is 0 Å². The molecule has 0 spiro atoms. The Morgan fingerprint density at radius 3 is 2.55 bits per heavy atom. The molecule has 1 heterocycles. The van der Waals surface area contributed by atoms with Crippen LogP contribution in [0.5, 0.6) is 11.5 Å². The van der Waals surface area contributed by atoms with Gasteiger partial charge in [0.05, 0.1) is 6.61 Å². The summed E-state index contributed by atoms with van der Waals surface area (Å²) in [6.07, 6.45) is 3.47. The molecule has 0 amide bonds. The van der Waals surface area contributed by atoms with Crippen molar-refractivity contribution in [1.82, 2.24) is 4.98 Å². The zero-order chi connectivity index (χ0) is 14.4. The topological polar surface area (TPSA) is 57.4 Å². The fourth-order valence-electron chi connectivity index (χ4n) is 1.69. The average molecular weight is 288 g/mol. The molecule has 0 fully saturated rings. The van der Waals surface area contributed by atoms with Crippen molar-refractivity contribution in [2.75, 3.05) is 6.61 Å². The van der Waals surface area contributed by atoms with Crippen molar-refractivity contribution in [3.63, 3.8) is 0 Å². The van der Waals surface area contributed by atoms with Gasteiger partial charge in [0.25, 0.3) is 0 Å². The van der Waals surface area contributed by atoms with Gasteiger partial charge in [-0.15, -0.1) is 0 Å². The Morgan fingerprint density at radius 2 is 1.90 bits per heavy atom. The zero-order valence-corrected chi connectivity index (χ0v) is 12.0. The lowest BCUT2D eigenvalue weighted by Crippen LogP contribution is -2.10. The predicted molar refractivity (Wildman–Crippen MR) is 82.1 cm³/mol. The number of nitrogens with two attached hydrogens (primary N) is 1. The van der Waals surface area contributed by atoms with Crippen molar-refractivity contribution in [2.45, 2.75) is 13.5 Å². The Bertz CT molecular complexity index is 588. The number of aromatic nitrogens is 1. The van der Waals surface area contributed by atoms with Crippen LogP contribution in [0.1, 0.15) is 18.1 Å². The molecule has 0 bridgehead atoms. The maximum absolute atomic E-state index is 5.77. The molecule has 0 aliphatic heterocycles. The minimum Gasteiger partial charge on any atom is -0.490 e. The van der Waals surface area contributed by atoms with Crippen LogP contribution < -0.4 is 15.2 Å². The minimum absolute atomic E-state index is 0.339. The quantitative estimate of drug-likeness (QED) is 0.828. The van der Waals surface area contributed by atoms with Gasteiger partial charge < -0.3 is 15.2 Å². The molecular formula is C15H16N2O2S. The number of benzene rings is 1. The van der Waals surface area contributed by atoms with E-state index in [1.54, 1.807) is 18.5 Å². The van der Waals surface area contributed by atoms with Crippen LogP contribution in [-0.2, 0) is 6.61 Å². The number of thiocarbonyl (C=S) groups is 1. The van der Waals surface area contributed by atoms with Gasteiger partial charge in [0, 0.05) is 18.0 Å². The first-order valence-electron chi connectivity index (χ1n) is 6.29. The number of ether oxygens (including phenoxy) is 2. The molecule has 0 unspecified atom stereocenters. The van der Waals surface area contributed by atoms with Crippen molar-refractivity contribution in [2.24, 2.45) is 5.73 Å². The molecule has 0 saturated carbocycles. The highest BCUT2D eigenvalue weighted by Crippen LogP contribution is 2.29. The second-order valence-electron chi connectivity index (χ2n) is 4.10. The number of hydrogen-bond donors (Lipinski definition) is 1. The summed E-state index contributed by atoms with van der Waals surface area (Å²) in [4.78, 5) is 4.31. The first-order valence-corrected chi connectivity index (χ1v) is 6.70. The van der Waals surface area contributed by atoms with Crippen LogP contribution in [0.2, 0.25) is 0 Å². The fourth-order valence-corrected chi connectivity index (χ4v) is 1.82. The minimum atomic E-state index is 0.339. The van der Waals surface area contributed by atoms with Gasteiger partial charge in [-0.2, -0.15) is 0 Å². The largest absolute Gasteiger partial charge is 0.490 e. The molecule has 0 saturated heterocycles. The molecule has 0 aliphatic rings. The lowest BCUT2D eigenvalue weighted by Gasteiger charge is -2.13. The molecule has 5 heteroatoms. The van der Waals surface area contributed by atoms with E-state index < -0.39 is 0 Å². The second-order valence-corrected chi connectivity index (χ2v) is 4.54. The Balaban J connectivity index is 2.16. The van der Waals surface area contributed by atoms with E-state index in [2.05, 4.69) is 4.98 Å². The first-order chi connectivity index (χ1) is 9.70. The average Bonchev–Trinajstić information content (AvgIpc) is 2.47. The number of nitrogens with zero attached hydrogens (tertiary/aromatic N) is 1. The predicted octanol–water partition coefficient (Wildman–Crippen LogP) is 2.69. The molecule has 0 aliphatic carbocycles. The molecule has 4 nitrogen and oxygen atoms in total. The van der Waals surface area contributed by atoms with Gasteiger partial charge in [0.2, 0.25) is 0 Å². The monoisotopic (exact) mass is 288 g/mol. The van der Waals surface area contributed by atoms with Crippen molar-refractivity contribution in [1.29, 1.82) is 0 Å². The maximum Gasteiger partial charge on any atom is 0.161 e. The first kappa shape index (κ1) is 14.3. The van der Waals surface area contributed by atoms with Gasteiger partial charge in [-0.25, -0.2) is 0 Å². The second kappa shape index (κ2) is 6.86. The van der Waals surface area contributed by atoms with Crippen LogP contribution in [0.3, 0.4) is 0 Å². The normalized spacial score (nSPS) is 10.1. The van der Waals surface area contributed by atoms with Crippen LogP contribution in [0.4, 0.5) is 0 Å². The SMILES string of the molecule is CCOc1cc(C(N)=S)ccc1OCc1ccncc1. The molecule has 2 aromatic rings. The summed E-state index contributed by atoms with van der Waals surface area (Å²) in [5, 5.41) is 0. The third kappa shape index (κ3) is 3.68. The van der Waals surface area contributed by atoms with Gasteiger partial charge in [-0.3, -0.25) is 4.98 Å². The van der Waals surface area contributed by atoms with Crippen LogP contribution in [-0.4, -0.2) is 16.6 Å². The molecule has 0 atom stereocenters. The van der Waals surface area contributed by atoms with Crippen LogP contribution in [0.25, 0.3) is 0 Å². The van der Waals surface area contributed by atoms with Crippen molar-refractivity contribution in [3.8, 4) is 11.5 Å². The molecule has 1 aromatic heterocycles. The van der Waals surface area contributed by atoms with Gasteiger partial charge in [0.15, 0.2) is 11.5 Å². The summed E-state index contributed by atoms with van der Waals surface area (Å²) in [6, 6.07) is 9.26. The smallest absolute Gasteiger partial charge is 0.161 e. The van der Waals surface area contributed by atoms with Crippen molar-refractivity contribution in [3.05, 3.63) is 53.9 Å². The Hall–Kier alpha value is -2.14. The lowest BCUT2D eigenvalue weighted by molar-refractivity contribution is 0.269. The number of rotatable bonds is 6. The maximum atomic E-state index is 5.77. The highest BCUT2D eigenvalue weighted by atomic mass is 32.1. The van der Waals surface area contributed by atoms with Crippen LogP contribution >= 0.6 is 12.2 Å². The van der Waals surface area contributed by atoms with Gasteiger partial charge >= 0.3 is 0 Å². The van der Waals surface area contributed by atoms with Crippen molar-refractivity contribution >= 4 is 17.2 Å². The summed E-state index contributed by atoms with van der Waals surface area (Å²) in [5.74, 6) is 1.32. The van der Waals surface area contributed by atoms with E-state index in [1.165, 1.54) is 0 Å². The molecular weight excluding hydrogens is 272 g/mol. The fraction of sp³-hybridized carbons (Fsp3) is 0.200. The summed E-state index contributed by atoms with van der Waals surface area (Å²) in [6.45, 7) is 2.92. The molecule has 0 radical (unpaired) electrons. The van der Waals surface area contributed by atoms with E-state index in [1.807, 2.05) is 31.2 Å². The number of pyridine rings is 1. The van der Waals surface area contributed by atoms with E-state index >= 15 is 0 Å². The van der Waals surface area contributed by atoms with E-state index in [9.17, 15) is 0 Å². The molecule has 2 rings (SSSR count).